The molecule has 52 heavy (non-hydrogen) atoms. The third kappa shape index (κ3) is 11.0. The summed E-state index contributed by atoms with van der Waals surface area (Å²) in [5, 5.41) is 23.0. The van der Waals surface area contributed by atoms with Crippen LogP contribution >= 0.6 is 12.4 Å². The molecule has 3 atom stereocenters. The van der Waals surface area contributed by atoms with Crippen molar-refractivity contribution in [2.75, 3.05) is 62.8 Å². The number of carbonyl (C=O) groups excluding carboxylic acids is 1. The van der Waals surface area contributed by atoms with Crippen LogP contribution in [-0.4, -0.2) is 90.8 Å². The third-order valence-electron chi connectivity index (χ3n) is 7.77. The van der Waals surface area contributed by atoms with Gasteiger partial charge in [-0.3, -0.25) is 4.79 Å². The molecule has 0 spiro atoms. The molecule has 0 amide bonds. The van der Waals surface area contributed by atoms with Gasteiger partial charge in [0.25, 0.3) is 0 Å². The fourth-order valence-corrected chi connectivity index (χ4v) is 4.84. The lowest BCUT2D eigenvalue weighted by Crippen LogP contribution is -2.39. The van der Waals surface area contributed by atoms with E-state index in [0.717, 1.165) is 11.1 Å². The SMILES string of the molecule is COc1ccc(CNc2nc(NCC(C)OC(=O)[C@@H](N)C(C)C)nc3c(NCc4ccc(OC)c(OC)c4)nc(NCC(C)O)nc23)cc1OC.Cl. The van der Waals surface area contributed by atoms with Gasteiger partial charge >= 0.3 is 5.97 Å². The third-order valence-corrected chi connectivity index (χ3v) is 7.77. The zero-order valence-corrected chi connectivity index (χ0v) is 31.6. The number of methoxy groups -OCH3 is 4. The molecule has 4 rings (SSSR count). The van der Waals surface area contributed by atoms with E-state index in [1.54, 1.807) is 42.3 Å². The second-order valence-electron chi connectivity index (χ2n) is 12.2. The van der Waals surface area contributed by atoms with Crippen LogP contribution in [0.3, 0.4) is 0 Å². The molecule has 16 nitrogen and oxygen atoms in total. The molecule has 0 saturated carbocycles. The molecule has 17 heteroatoms. The highest BCUT2D eigenvalue weighted by Crippen LogP contribution is 2.31. The molecule has 0 radical (unpaired) electrons. The van der Waals surface area contributed by atoms with Gasteiger partial charge in [0, 0.05) is 19.6 Å². The first-order valence-corrected chi connectivity index (χ1v) is 16.6. The Bertz CT molecular complexity index is 1780. The Morgan fingerprint density at radius 3 is 1.54 bits per heavy atom. The monoisotopic (exact) mass is 743 g/mol. The van der Waals surface area contributed by atoms with Gasteiger partial charge in [-0.15, -0.1) is 12.4 Å². The molecule has 0 aliphatic carbocycles. The molecular formula is C35H50ClN9O7. The number of nitrogens with one attached hydrogen (secondary N) is 4. The van der Waals surface area contributed by atoms with Crippen molar-refractivity contribution in [2.45, 2.75) is 59.0 Å². The predicted octanol–water partition coefficient (Wildman–Crippen LogP) is 4.22. The quantitative estimate of drug-likeness (QED) is 0.0743. The number of ether oxygens (including phenoxy) is 5. The van der Waals surface area contributed by atoms with Crippen LogP contribution in [0.5, 0.6) is 23.0 Å². The Morgan fingerprint density at radius 2 is 1.13 bits per heavy atom. The van der Waals surface area contributed by atoms with E-state index < -0.39 is 24.2 Å². The number of rotatable bonds is 19. The molecule has 2 heterocycles. The molecule has 284 valence electrons. The highest BCUT2D eigenvalue weighted by molar-refractivity contribution is 5.94. The number of aliphatic hydroxyl groups excluding tert-OH is 1. The maximum atomic E-state index is 12.5. The Balaban J connectivity index is 0.00000729. The van der Waals surface area contributed by atoms with Crippen molar-refractivity contribution in [2.24, 2.45) is 11.7 Å². The number of nitrogens with zero attached hydrogens (tertiary/aromatic N) is 4. The smallest absolute Gasteiger partial charge is 0.323 e. The van der Waals surface area contributed by atoms with E-state index in [1.807, 2.05) is 50.2 Å². The summed E-state index contributed by atoms with van der Waals surface area (Å²) in [6, 6.07) is 10.5. The zero-order valence-electron chi connectivity index (χ0n) is 30.8. The average molecular weight is 744 g/mol. The number of anilines is 4. The second-order valence-corrected chi connectivity index (χ2v) is 12.2. The fraction of sp³-hybridized carbons (Fsp3) is 0.457. The molecule has 0 saturated heterocycles. The van der Waals surface area contributed by atoms with Crippen molar-refractivity contribution in [3.63, 3.8) is 0 Å². The van der Waals surface area contributed by atoms with Gasteiger partial charge in [0.05, 0.1) is 41.1 Å². The largest absolute Gasteiger partial charge is 0.493 e. The lowest BCUT2D eigenvalue weighted by atomic mass is 10.1. The highest BCUT2D eigenvalue weighted by Gasteiger charge is 2.22. The van der Waals surface area contributed by atoms with E-state index in [4.69, 9.17) is 49.4 Å². The number of aromatic nitrogens is 4. The molecule has 4 aromatic rings. The molecule has 7 N–H and O–H groups in total. The maximum absolute atomic E-state index is 12.5. The van der Waals surface area contributed by atoms with E-state index >= 15 is 0 Å². The van der Waals surface area contributed by atoms with Crippen molar-refractivity contribution < 1.29 is 33.6 Å². The number of hydrogen-bond donors (Lipinski definition) is 6. The summed E-state index contributed by atoms with van der Waals surface area (Å²) in [6.07, 6.45) is -1.18. The fourth-order valence-electron chi connectivity index (χ4n) is 4.84. The summed E-state index contributed by atoms with van der Waals surface area (Å²) in [5.41, 5.74) is 8.61. The summed E-state index contributed by atoms with van der Waals surface area (Å²) in [4.78, 5) is 31.5. The first-order valence-electron chi connectivity index (χ1n) is 16.6. The van der Waals surface area contributed by atoms with Crippen LogP contribution in [-0.2, 0) is 22.6 Å². The molecule has 0 fully saturated rings. The molecule has 0 bridgehead atoms. The minimum atomic E-state index is -0.732. The van der Waals surface area contributed by atoms with E-state index in [1.165, 1.54) is 0 Å². The molecule has 0 aliphatic rings. The van der Waals surface area contributed by atoms with Crippen molar-refractivity contribution in [3.8, 4) is 23.0 Å². The Labute approximate surface area is 310 Å². The van der Waals surface area contributed by atoms with Crippen molar-refractivity contribution in [1.29, 1.82) is 0 Å². The summed E-state index contributed by atoms with van der Waals surface area (Å²) in [7, 11) is 6.32. The van der Waals surface area contributed by atoms with Gasteiger partial charge < -0.3 is 55.8 Å². The van der Waals surface area contributed by atoms with Crippen molar-refractivity contribution in [3.05, 3.63) is 47.5 Å². The topological polar surface area (TPSA) is 209 Å². The van der Waals surface area contributed by atoms with Crippen LogP contribution < -0.4 is 45.9 Å². The molecule has 2 unspecified atom stereocenters. The van der Waals surface area contributed by atoms with Crippen LogP contribution in [0.2, 0.25) is 0 Å². The number of aliphatic hydroxyl groups is 1. The minimum absolute atomic E-state index is 0. The molecule has 2 aromatic heterocycles. The van der Waals surface area contributed by atoms with Gasteiger partial charge in [0.15, 0.2) is 34.6 Å². The number of nitrogens with two attached hydrogens (primary N) is 1. The van der Waals surface area contributed by atoms with Crippen molar-refractivity contribution >= 4 is 52.9 Å². The van der Waals surface area contributed by atoms with Gasteiger partial charge in [-0.1, -0.05) is 26.0 Å². The first kappa shape index (κ1) is 41.4. The lowest BCUT2D eigenvalue weighted by Gasteiger charge is -2.20. The van der Waals surface area contributed by atoms with Crippen LogP contribution in [0, 0.1) is 5.92 Å². The number of carbonyl (C=O) groups is 1. The van der Waals surface area contributed by atoms with Gasteiger partial charge in [0.2, 0.25) is 11.9 Å². The summed E-state index contributed by atoms with van der Waals surface area (Å²) in [5.74, 6) is 3.16. The number of fused-ring (bicyclic) bond motifs is 1. The van der Waals surface area contributed by atoms with Crippen molar-refractivity contribution in [1.82, 2.24) is 19.9 Å². The van der Waals surface area contributed by atoms with E-state index in [-0.39, 0.29) is 43.3 Å². The van der Waals surface area contributed by atoms with Crippen LogP contribution in [0.4, 0.5) is 23.5 Å². The molecule has 2 aromatic carbocycles. The molecular weight excluding hydrogens is 694 g/mol. The number of halogens is 1. The van der Waals surface area contributed by atoms with E-state index in [9.17, 15) is 9.90 Å². The Hall–Kier alpha value is -5.06. The minimum Gasteiger partial charge on any atom is -0.493 e. The van der Waals surface area contributed by atoms with Gasteiger partial charge in [-0.05, 0) is 55.2 Å². The number of hydrogen-bond acceptors (Lipinski definition) is 16. The second kappa shape index (κ2) is 19.5. The summed E-state index contributed by atoms with van der Waals surface area (Å²) < 4.78 is 27.3. The molecule has 0 aliphatic heterocycles. The maximum Gasteiger partial charge on any atom is 0.323 e. The lowest BCUT2D eigenvalue weighted by molar-refractivity contribution is -0.150. The van der Waals surface area contributed by atoms with Gasteiger partial charge in [0.1, 0.15) is 23.2 Å². The number of esters is 1. The van der Waals surface area contributed by atoms with Crippen LogP contribution in [0.1, 0.15) is 38.8 Å². The highest BCUT2D eigenvalue weighted by atomic mass is 35.5. The normalized spacial score (nSPS) is 12.6. The van der Waals surface area contributed by atoms with Crippen LogP contribution in [0.15, 0.2) is 36.4 Å². The number of benzene rings is 2. The predicted molar refractivity (Wildman–Crippen MR) is 203 cm³/mol. The average Bonchev–Trinajstić information content (AvgIpc) is 3.13. The van der Waals surface area contributed by atoms with E-state index in [2.05, 4.69) is 21.3 Å². The zero-order chi connectivity index (χ0) is 37.1. The summed E-state index contributed by atoms with van der Waals surface area (Å²) in [6.45, 7) is 8.27. The van der Waals surface area contributed by atoms with E-state index in [0.29, 0.717) is 58.8 Å². The van der Waals surface area contributed by atoms with Gasteiger partial charge in [-0.25, -0.2) is 9.97 Å². The Morgan fingerprint density at radius 1 is 0.692 bits per heavy atom. The van der Waals surface area contributed by atoms with Gasteiger partial charge in [-0.2, -0.15) is 9.97 Å². The Kier molecular flexibility index (Phi) is 15.5. The standard InChI is InChI=1S/C35H49N9O7.ClH/c1-19(2)28(36)33(46)51-21(4)16-40-35-42-30-29(32(44-35)38-18-23-10-12-25(48-6)27(14-23)50-8)41-34(39-15-20(3)45)43-31(30)37-17-22-9-11-24(47-5)26(13-22)49-7;/h9-14,19-21,28,45H,15-18,36H2,1-8H3,(H2,37,39,41,43)(H2,38,40,42,44);1H/t20?,21?,28-;/m0./s1. The van der Waals surface area contributed by atoms with Crippen LogP contribution in [0.25, 0.3) is 11.0 Å². The summed E-state index contributed by atoms with van der Waals surface area (Å²) >= 11 is 0. The first-order chi connectivity index (χ1) is 24.5.